The molecule has 0 atom stereocenters. The molecule has 36 valence electrons. The van der Waals surface area contributed by atoms with Crippen LogP contribution >= 0.6 is 11.9 Å². The average Bonchev–Trinajstić information content (AvgIpc) is 1.61. The number of rotatable bonds is 2. The summed E-state index contributed by atoms with van der Waals surface area (Å²) in [5, 5.41) is 5.08. The molecule has 6 heavy (non-hydrogen) atoms. The molecule has 1 nitrogen and oxygen atoms in total. The summed E-state index contributed by atoms with van der Waals surface area (Å²) in [5.41, 5.74) is 0. The first kappa shape index (κ1) is 6.05. The van der Waals surface area contributed by atoms with Gasteiger partial charge in [0.1, 0.15) is 0 Å². The molecule has 0 aliphatic carbocycles. The number of hydrogen-bond acceptors (Lipinski definition) is 2. The van der Waals surface area contributed by atoms with E-state index < -0.39 is 0 Å². The SMILES string of the molecule is CC=CCSN. The molecule has 0 unspecified atom stereocenters. The van der Waals surface area contributed by atoms with Crippen molar-refractivity contribution in [2.45, 2.75) is 6.92 Å². The van der Waals surface area contributed by atoms with Crippen molar-refractivity contribution in [2.24, 2.45) is 5.14 Å². The lowest BCUT2D eigenvalue weighted by Crippen LogP contribution is -1.77. The van der Waals surface area contributed by atoms with E-state index >= 15 is 0 Å². The molecule has 0 heterocycles. The second kappa shape index (κ2) is 5.05. The van der Waals surface area contributed by atoms with Crippen LogP contribution in [0.2, 0.25) is 0 Å². The Labute approximate surface area is 42.7 Å². The van der Waals surface area contributed by atoms with Crippen molar-refractivity contribution < 1.29 is 0 Å². The van der Waals surface area contributed by atoms with Gasteiger partial charge in [-0.2, -0.15) is 0 Å². The molecule has 0 saturated carbocycles. The Kier molecular flexibility index (Phi) is 5.09. The summed E-state index contributed by atoms with van der Waals surface area (Å²) in [4.78, 5) is 0. The van der Waals surface area contributed by atoms with Gasteiger partial charge in [-0.25, -0.2) is 0 Å². The molecule has 0 saturated heterocycles. The van der Waals surface area contributed by atoms with Crippen LogP contribution in [0.25, 0.3) is 0 Å². The van der Waals surface area contributed by atoms with Gasteiger partial charge in [-0.05, 0) is 6.92 Å². The maximum atomic E-state index is 5.08. The minimum atomic E-state index is 0.927. The van der Waals surface area contributed by atoms with Gasteiger partial charge in [-0.3, -0.25) is 5.14 Å². The van der Waals surface area contributed by atoms with Gasteiger partial charge in [0, 0.05) is 5.75 Å². The van der Waals surface area contributed by atoms with E-state index in [1.54, 1.807) is 0 Å². The van der Waals surface area contributed by atoms with E-state index in [0.29, 0.717) is 0 Å². The summed E-state index contributed by atoms with van der Waals surface area (Å²) in [5.74, 6) is 0.927. The van der Waals surface area contributed by atoms with Crippen molar-refractivity contribution >= 4 is 11.9 Å². The molecule has 0 rings (SSSR count). The normalized spacial score (nSPS) is 10.3. The lowest BCUT2D eigenvalue weighted by Gasteiger charge is -1.77. The Hall–Kier alpha value is 0.0500. The summed E-state index contributed by atoms with van der Waals surface area (Å²) in [7, 11) is 0. The molecule has 2 N–H and O–H groups in total. The van der Waals surface area contributed by atoms with Gasteiger partial charge in [0.05, 0.1) is 0 Å². The van der Waals surface area contributed by atoms with Crippen LogP contribution in [-0.4, -0.2) is 5.75 Å². The van der Waals surface area contributed by atoms with E-state index in [-0.39, 0.29) is 0 Å². The average molecular weight is 103 g/mol. The van der Waals surface area contributed by atoms with E-state index in [9.17, 15) is 0 Å². The van der Waals surface area contributed by atoms with E-state index in [4.69, 9.17) is 5.14 Å². The van der Waals surface area contributed by atoms with Crippen LogP contribution in [0.1, 0.15) is 6.92 Å². The maximum absolute atomic E-state index is 5.08. The summed E-state index contributed by atoms with van der Waals surface area (Å²) in [6.07, 6.45) is 4.00. The van der Waals surface area contributed by atoms with Gasteiger partial charge in [0.2, 0.25) is 0 Å². The molecule has 0 aromatic carbocycles. The largest absolute Gasteiger partial charge is 0.278 e. The molecule has 0 amide bonds. The van der Waals surface area contributed by atoms with Crippen LogP contribution in [0, 0.1) is 0 Å². The Morgan fingerprint density at radius 2 is 2.50 bits per heavy atom. The van der Waals surface area contributed by atoms with Crippen molar-refractivity contribution in [1.82, 2.24) is 0 Å². The third-order valence-electron chi connectivity index (χ3n) is 0.428. The quantitative estimate of drug-likeness (QED) is 0.419. The van der Waals surface area contributed by atoms with E-state index in [1.807, 2.05) is 19.1 Å². The fourth-order valence-corrected chi connectivity index (χ4v) is 0.455. The van der Waals surface area contributed by atoms with Crippen molar-refractivity contribution in [2.75, 3.05) is 5.75 Å². The lowest BCUT2D eigenvalue weighted by molar-refractivity contribution is 1.65. The molecule has 0 fully saturated rings. The summed E-state index contributed by atoms with van der Waals surface area (Å²) < 4.78 is 0. The monoisotopic (exact) mass is 103 g/mol. The molecule has 0 spiro atoms. The lowest BCUT2D eigenvalue weighted by atomic mass is 10.6. The fourth-order valence-electron chi connectivity index (χ4n) is 0.152. The van der Waals surface area contributed by atoms with Crippen LogP contribution in [0.15, 0.2) is 12.2 Å². The van der Waals surface area contributed by atoms with Crippen LogP contribution in [0.3, 0.4) is 0 Å². The highest BCUT2D eigenvalue weighted by atomic mass is 32.2. The van der Waals surface area contributed by atoms with Gasteiger partial charge < -0.3 is 0 Å². The Bertz CT molecular complexity index is 42.8. The Morgan fingerprint density at radius 1 is 1.83 bits per heavy atom. The first-order chi connectivity index (χ1) is 2.91. The summed E-state index contributed by atoms with van der Waals surface area (Å²) in [6.45, 7) is 1.98. The molecule has 0 radical (unpaired) electrons. The molecule has 0 aromatic rings. The van der Waals surface area contributed by atoms with E-state index in [1.165, 1.54) is 11.9 Å². The van der Waals surface area contributed by atoms with Gasteiger partial charge in [-0.1, -0.05) is 24.1 Å². The highest BCUT2D eigenvalue weighted by Crippen LogP contribution is 1.83. The standard InChI is InChI=1S/C4H9NS/c1-2-3-4-6-5/h2-3H,4-5H2,1H3. The Morgan fingerprint density at radius 3 is 2.67 bits per heavy atom. The van der Waals surface area contributed by atoms with Crippen molar-refractivity contribution in [3.8, 4) is 0 Å². The second-order valence-corrected chi connectivity index (χ2v) is 1.57. The highest BCUT2D eigenvalue weighted by molar-refractivity contribution is 7.97. The maximum Gasteiger partial charge on any atom is 0.0257 e. The minimum absolute atomic E-state index is 0.927. The zero-order valence-electron chi connectivity index (χ0n) is 3.85. The predicted octanol–water partition coefficient (Wildman–Crippen LogP) is 1.17. The third-order valence-corrected chi connectivity index (χ3v) is 0.813. The van der Waals surface area contributed by atoms with Crippen LogP contribution in [0.4, 0.5) is 0 Å². The van der Waals surface area contributed by atoms with E-state index in [0.717, 1.165) is 5.75 Å². The van der Waals surface area contributed by atoms with Crippen molar-refractivity contribution in [1.29, 1.82) is 0 Å². The van der Waals surface area contributed by atoms with Crippen molar-refractivity contribution in [3.05, 3.63) is 12.2 Å². The molecule has 0 aliphatic rings. The second-order valence-electron chi connectivity index (χ2n) is 0.902. The van der Waals surface area contributed by atoms with Gasteiger partial charge in [0.25, 0.3) is 0 Å². The van der Waals surface area contributed by atoms with Gasteiger partial charge in [0.15, 0.2) is 0 Å². The Balaban J connectivity index is 2.66. The smallest absolute Gasteiger partial charge is 0.0257 e. The first-order valence-corrected chi connectivity index (χ1v) is 2.89. The zero-order valence-corrected chi connectivity index (χ0v) is 4.66. The van der Waals surface area contributed by atoms with E-state index in [2.05, 4.69) is 0 Å². The molecule has 0 aliphatic heterocycles. The number of nitrogens with two attached hydrogens (primary N) is 1. The highest BCUT2D eigenvalue weighted by Gasteiger charge is 1.64. The van der Waals surface area contributed by atoms with Crippen LogP contribution < -0.4 is 5.14 Å². The van der Waals surface area contributed by atoms with Crippen LogP contribution in [0.5, 0.6) is 0 Å². The fraction of sp³-hybridized carbons (Fsp3) is 0.500. The molecule has 2 heteroatoms. The topological polar surface area (TPSA) is 26.0 Å². The molecule has 0 aromatic heterocycles. The summed E-state index contributed by atoms with van der Waals surface area (Å²) in [6, 6.07) is 0. The zero-order chi connectivity index (χ0) is 4.83. The number of hydrogen-bond donors (Lipinski definition) is 1. The van der Waals surface area contributed by atoms with Crippen LogP contribution in [-0.2, 0) is 0 Å². The molecule has 0 bridgehead atoms. The molecular weight excluding hydrogens is 94.1 g/mol. The third kappa shape index (κ3) is 4.05. The molecular formula is C4H9NS. The van der Waals surface area contributed by atoms with Gasteiger partial charge >= 0.3 is 0 Å². The minimum Gasteiger partial charge on any atom is -0.278 e. The van der Waals surface area contributed by atoms with Gasteiger partial charge in [-0.15, -0.1) is 0 Å². The predicted molar refractivity (Wildman–Crippen MR) is 31.5 cm³/mol. The summed E-state index contributed by atoms with van der Waals surface area (Å²) >= 11 is 1.34. The first-order valence-electron chi connectivity index (χ1n) is 1.84. The van der Waals surface area contributed by atoms with Crippen molar-refractivity contribution in [3.63, 3.8) is 0 Å². The number of allylic oxidation sites excluding steroid dienone is 1.